The minimum Gasteiger partial charge on any atom is -0.393 e. The van der Waals surface area contributed by atoms with E-state index in [4.69, 9.17) is 0 Å². The highest BCUT2D eigenvalue weighted by Crippen LogP contribution is 2.29. The minimum atomic E-state index is -0.358. The first-order chi connectivity index (χ1) is 9.65. The molecule has 1 saturated carbocycles. The van der Waals surface area contributed by atoms with Crippen LogP contribution in [0.25, 0.3) is 0 Å². The molecule has 110 valence electrons. The van der Waals surface area contributed by atoms with Gasteiger partial charge in [0.2, 0.25) is 5.91 Å². The Balaban J connectivity index is 1.85. The van der Waals surface area contributed by atoms with Crippen molar-refractivity contribution in [2.75, 3.05) is 6.54 Å². The molecule has 0 heterocycles. The molecular weight excluding hydrogens is 250 g/mol. The van der Waals surface area contributed by atoms with Crippen molar-refractivity contribution >= 4 is 5.91 Å². The van der Waals surface area contributed by atoms with E-state index in [-0.39, 0.29) is 17.9 Å². The number of amides is 1. The third-order valence-corrected chi connectivity index (χ3v) is 4.14. The summed E-state index contributed by atoms with van der Waals surface area (Å²) >= 11 is 0. The second-order valence-corrected chi connectivity index (χ2v) is 6.00. The van der Waals surface area contributed by atoms with Gasteiger partial charge in [0, 0.05) is 18.9 Å². The van der Waals surface area contributed by atoms with Crippen molar-refractivity contribution in [2.24, 2.45) is 5.92 Å². The number of rotatable bonds is 7. The zero-order valence-corrected chi connectivity index (χ0v) is 12.2. The second-order valence-electron chi connectivity index (χ2n) is 6.00. The maximum atomic E-state index is 11.9. The second kappa shape index (κ2) is 7.44. The third-order valence-electron chi connectivity index (χ3n) is 4.14. The Morgan fingerprint density at radius 2 is 2.05 bits per heavy atom. The monoisotopic (exact) mass is 275 g/mol. The maximum absolute atomic E-state index is 11.9. The van der Waals surface area contributed by atoms with E-state index in [9.17, 15) is 9.90 Å². The van der Waals surface area contributed by atoms with Crippen LogP contribution >= 0.6 is 0 Å². The van der Waals surface area contributed by atoms with Crippen LogP contribution in [0.2, 0.25) is 0 Å². The van der Waals surface area contributed by atoms with Crippen LogP contribution in [-0.2, 0) is 4.79 Å². The van der Waals surface area contributed by atoms with E-state index in [1.165, 1.54) is 24.8 Å². The van der Waals surface area contributed by atoms with Gasteiger partial charge >= 0.3 is 0 Å². The molecule has 1 aromatic rings. The van der Waals surface area contributed by atoms with Crippen LogP contribution in [0.1, 0.15) is 50.5 Å². The number of nitrogens with one attached hydrogen (secondary N) is 1. The predicted octanol–water partition coefficient (Wildman–Crippen LogP) is 2.85. The number of hydrogen-bond acceptors (Lipinski definition) is 2. The lowest BCUT2D eigenvalue weighted by Crippen LogP contribution is -2.32. The van der Waals surface area contributed by atoms with Crippen LogP contribution in [0.3, 0.4) is 0 Å². The molecule has 2 rings (SSSR count). The first-order valence-electron chi connectivity index (χ1n) is 7.65. The molecule has 0 aliphatic heterocycles. The SMILES string of the molecule is CC(O)CC(CNC(=O)CC1CCC1)c1ccccc1. The molecular formula is C17H25NO2. The van der Waals surface area contributed by atoms with Gasteiger partial charge in [0.1, 0.15) is 0 Å². The van der Waals surface area contributed by atoms with Crippen LogP contribution in [0.15, 0.2) is 30.3 Å². The lowest BCUT2D eigenvalue weighted by molar-refractivity contribution is -0.122. The van der Waals surface area contributed by atoms with Crippen molar-refractivity contribution < 1.29 is 9.90 Å². The van der Waals surface area contributed by atoms with E-state index in [1.807, 2.05) is 18.2 Å². The molecule has 1 fully saturated rings. The highest BCUT2D eigenvalue weighted by Gasteiger charge is 2.21. The zero-order valence-electron chi connectivity index (χ0n) is 12.2. The van der Waals surface area contributed by atoms with Crippen molar-refractivity contribution in [3.05, 3.63) is 35.9 Å². The molecule has 1 amide bonds. The molecule has 0 saturated heterocycles. The smallest absolute Gasteiger partial charge is 0.220 e. The standard InChI is InChI=1S/C17H25NO2/c1-13(19)10-16(15-8-3-2-4-9-15)12-18-17(20)11-14-6-5-7-14/h2-4,8-9,13-14,16,19H,5-7,10-12H2,1H3,(H,18,20). The van der Waals surface area contributed by atoms with Gasteiger partial charge in [-0.3, -0.25) is 4.79 Å². The fourth-order valence-corrected chi connectivity index (χ4v) is 2.74. The topological polar surface area (TPSA) is 49.3 Å². The first-order valence-corrected chi connectivity index (χ1v) is 7.65. The van der Waals surface area contributed by atoms with Gasteiger partial charge in [-0.1, -0.05) is 36.8 Å². The zero-order chi connectivity index (χ0) is 14.4. The summed E-state index contributed by atoms with van der Waals surface area (Å²) in [6.07, 6.45) is 4.65. The van der Waals surface area contributed by atoms with E-state index in [0.29, 0.717) is 25.3 Å². The number of benzene rings is 1. The van der Waals surface area contributed by atoms with Crippen molar-refractivity contribution in [3.8, 4) is 0 Å². The third kappa shape index (κ3) is 4.64. The number of aliphatic hydroxyl groups excluding tert-OH is 1. The normalized spacial score (nSPS) is 18.1. The van der Waals surface area contributed by atoms with Crippen molar-refractivity contribution in [2.45, 2.75) is 51.0 Å². The maximum Gasteiger partial charge on any atom is 0.220 e. The molecule has 2 atom stereocenters. The quantitative estimate of drug-likeness (QED) is 0.804. The minimum absolute atomic E-state index is 0.154. The van der Waals surface area contributed by atoms with E-state index >= 15 is 0 Å². The molecule has 2 N–H and O–H groups in total. The number of aliphatic hydroxyl groups is 1. The van der Waals surface area contributed by atoms with Crippen molar-refractivity contribution in [1.82, 2.24) is 5.32 Å². The fraction of sp³-hybridized carbons (Fsp3) is 0.588. The highest BCUT2D eigenvalue weighted by molar-refractivity contribution is 5.76. The average Bonchev–Trinajstić information content (AvgIpc) is 2.39. The largest absolute Gasteiger partial charge is 0.393 e. The Morgan fingerprint density at radius 3 is 2.60 bits per heavy atom. The molecule has 20 heavy (non-hydrogen) atoms. The van der Waals surface area contributed by atoms with Gasteiger partial charge in [-0.15, -0.1) is 0 Å². The molecule has 0 spiro atoms. The summed E-state index contributed by atoms with van der Waals surface area (Å²) in [5.41, 5.74) is 1.18. The van der Waals surface area contributed by atoms with E-state index in [1.54, 1.807) is 6.92 Å². The Morgan fingerprint density at radius 1 is 1.35 bits per heavy atom. The van der Waals surface area contributed by atoms with Gasteiger partial charge in [0.05, 0.1) is 6.10 Å². The summed E-state index contributed by atoms with van der Waals surface area (Å²) in [6.45, 7) is 2.41. The Kier molecular flexibility index (Phi) is 5.60. The number of carbonyl (C=O) groups is 1. The fourth-order valence-electron chi connectivity index (χ4n) is 2.74. The molecule has 3 heteroatoms. The van der Waals surface area contributed by atoms with Gasteiger partial charge < -0.3 is 10.4 Å². The average molecular weight is 275 g/mol. The van der Waals surface area contributed by atoms with E-state index in [0.717, 1.165) is 0 Å². The summed E-state index contributed by atoms with van der Waals surface area (Å²) in [5, 5.41) is 12.7. The van der Waals surface area contributed by atoms with E-state index < -0.39 is 0 Å². The van der Waals surface area contributed by atoms with Crippen LogP contribution in [0.5, 0.6) is 0 Å². The van der Waals surface area contributed by atoms with Crippen LogP contribution in [0.4, 0.5) is 0 Å². The molecule has 0 bridgehead atoms. The molecule has 3 nitrogen and oxygen atoms in total. The Hall–Kier alpha value is -1.35. The summed E-state index contributed by atoms with van der Waals surface area (Å²) in [7, 11) is 0. The lowest BCUT2D eigenvalue weighted by atomic mass is 9.83. The molecule has 0 aromatic heterocycles. The van der Waals surface area contributed by atoms with Crippen molar-refractivity contribution in [3.63, 3.8) is 0 Å². The lowest BCUT2D eigenvalue weighted by Gasteiger charge is -2.25. The van der Waals surface area contributed by atoms with Crippen LogP contribution in [-0.4, -0.2) is 23.7 Å². The highest BCUT2D eigenvalue weighted by atomic mass is 16.3. The van der Waals surface area contributed by atoms with Crippen LogP contribution < -0.4 is 5.32 Å². The Bertz CT molecular complexity index is 412. The first kappa shape index (κ1) is 15.0. The summed E-state index contributed by atoms with van der Waals surface area (Å²) in [6, 6.07) is 10.1. The summed E-state index contributed by atoms with van der Waals surface area (Å²) < 4.78 is 0. The van der Waals surface area contributed by atoms with E-state index in [2.05, 4.69) is 17.4 Å². The number of carbonyl (C=O) groups excluding carboxylic acids is 1. The molecule has 1 aliphatic rings. The van der Waals surface area contributed by atoms with Gasteiger partial charge in [-0.2, -0.15) is 0 Å². The van der Waals surface area contributed by atoms with Crippen molar-refractivity contribution in [1.29, 1.82) is 0 Å². The molecule has 2 unspecified atom stereocenters. The molecule has 1 aromatic carbocycles. The Labute approximate surface area is 121 Å². The van der Waals surface area contributed by atoms with Gasteiger partial charge in [0.15, 0.2) is 0 Å². The van der Waals surface area contributed by atoms with Gasteiger partial charge in [-0.25, -0.2) is 0 Å². The van der Waals surface area contributed by atoms with Crippen LogP contribution in [0, 0.1) is 5.92 Å². The van der Waals surface area contributed by atoms with Gasteiger partial charge in [-0.05, 0) is 37.7 Å². The van der Waals surface area contributed by atoms with Gasteiger partial charge in [0.25, 0.3) is 0 Å². The predicted molar refractivity (Wildman–Crippen MR) is 80.4 cm³/mol. The molecule has 0 radical (unpaired) electrons. The number of hydrogen-bond donors (Lipinski definition) is 2. The summed E-state index contributed by atoms with van der Waals surface area (Å²) in [5.74, 6) is 0.935. The molecule has 1 aliphatic carbocycles. The summed E-state index contributed by atoms with van der Waals surface area (Å²) in [4.78, 5) is 11.9.